The van der Waals surface area contributed by atoms with Gasteiger partial charge in [0.15, 0.2) is 0 Å². The van der Waals surface area contributed by atoms with Gasteiger partial charge in [-0.05, 0) is 66.2 Å². The molecule has 2 fully saturated rings. The molecule has 2 aliphatic heterocycles. The Hall–Kier alpha value is -0.910. The number of allylic oxidation sites excluding steroid dienone is 2. The molecule has 1 atom stereocenters. The molecule has 0 saturated carbocycles. The topological polar surface area (TPSA) is 79.2 Å². The maximum atomic E-state index is 9.93. The minimum absolute atomic E-state index is 0.372. The van der Waals surface area contributed by atoms with Gasteiger partial charge >= 0.3 is 0 Å². The third kappa shape index (κ3) is 17.1. The van der Waals surface area contributed by atoms with Crippen molar-refractivity contribution in [1.29, 1.82) is 0 Å². The monoisotopic (exact) mass is 286 g/mol. The Morgan fingerprint density at radius 3 is 1.85 bits per heavy atom. The smallest absolute Gasteiger partial charge is 0.207 e. The van der Waals surface area contributed by atoms with Gasteiger partial charge < -0.3 is 21.7 Å². The van der Waals surface area contributed by atoms with E-state index in [1.807, 2.05) is 26.0 Å². The van der Waals surface area contributed by atoms with Crippen LogP contribution < -0.4 is 21.7 Å². The van der Waals surface area contributed by atoms with Gasteiger partial charge in [0.25, 0.3) is 0 Å². The Kier molecular flexibility index (Phi) is 21.8. The van der Waals surface area contributed by atoms with Crippen molar-refractivity contribution < 1.29 is 4.79 Å². The van der Waals surface area contributed by atoms with E-state index >= 15 is 0 Å². The van der Waals surface area contributed by atoms with E-state index in [-0.39, 0.29) is 0 Å². The molecule has 1 amide bonds. The van der Waals surface area contributed by atoms with Gasteiger partial charge in [-0.15, -0.1) is 0 Å². The summed E-state index contributed by atoms with van der Waals surface area (Å²) in [6.45, 7) is 8.52. The number of carbonyl (C=O) groups excluding carboxylic acids is 1. The van der Waals surface area contributed by atoms with Crippen molar-refractivity contribution in [3.05, 3.63) is 12.2 Å². The van der Waals surface area contributed by atoms with Crippen LogP contribution in [0.2, 0.25) is 0 Å². The van der Waals surface area contributed by atoms with Crippen molar-refractivity contribution in [3.63, 3.8) is 0 Å². The molecule has 2 rings (SSSR count). The number of nitrogens with one attached hydrogen (secondary N) is 3. The van der Waals surface area contributed by atoms with Crippen LogP contribution in [0.4, 0.5) is 0 Å². The van der Waals surface area contributed by atoms with Gasteiger partial charge in [-0.25, -0.2) is 0 Å². The molecule has 120 valence electrons. The van der Waals surface area contributed by atoms with Gasteiger partial charge in [-0.1, -0.05) is 12.2 Å². The second kappa shape index (κ2) is 20.4. The van der Waals surface area contributed by atoms with Gasteiger partial charge in [0.2, 0.25) is 6.41 Å². The highest BCUT2D eigenvalue weighted by atomic mass is 16.1. The molecule has 0 aliphatic carbocycles. The fourth-order valence-electron chi connectivity index (χ4n) is 1.72. The summed E-state index contributed by atoms with van der Waals surface area (Å²) in [5, 5.41) is 9.16. The molecule has 0 bridgehead atoms. The van der Waals surface area contributed by atoms with E-state index in [1.165, 1.54) is 39.4 Å². The summed E-state index contributed by atoms with van der Waals surface area (Å²) in [5.41, 5.74) is 4.50. The first-order chi connectivity index (χ1) is 9.85. The van der Waals surface area contributed by atoms with E-state index in [0.29, 0.717) is 6.04 Å². The lowest BCUT2D eigenvalue weighted by Gasteiger charge is -2.21. The molecule has 2 saturated heterocycles. The van der Waals surface area contributed by atoms with Crippen molar-refractivity contribution in [1.82, 2.24) is 16.0 Å². The van der Waals surface area contributed by atoms with Crippen molar-refractivity contribution in [3.8, 4) is 0 Å². The van der Waals surface area contributed by atoms with Crippen LogP contribution in [-0.4, -0.2) is 45.7 Å². The molecule has 0 radical (unpaired) electrons. The van der Waals surface area contributed by atoms with Gasteiger partial charge in [0.1, 0.15) is 0 Å². The first-order valence-corrected chi connectivity index (χ1v) is 7.61. The molecule has 5 heteroatoms. The zero-order valence-electron chi connectivity index (χ0n) is 13.5. The second-order valence-corrected chi connectivity index (χ2v) is 4.45. The lowest BCUT2D eigenvalue weighted by molar-refractivity contribution is -0.110. The molecule has 0 aromatic rings. The molecular formula is C15H34N4O. The summed E-state index contributed by atoms with van der Waals surface area (Å²) in [6.07, 6.45) is 9.84. The Bertz CT molecular complexity index is 188. The van der Waals surface area contributed by atoms with Gasteiger partial charge in [0.05, 0.1) is 0 Å². The van der Waals surface area contributed by atoms with Crippen LogP contribution >= 0.6 is 0 Å². The summed E-state index contributed by atoms with van der Waals surface area (Å²) in [7, 11) is 1.50. The Morgan fingerprint density at radius 1 is 1.00 bits per heavy atom. The standard InChI is InChI=1S/C6H12N2O.C4H9N.C4H8.CH5N/c9-5-8-6-2-1-3-7-4-6;1-2-4-5-3-1;1-3-4-2;1-2/h5-7H,1-4H2,(H,8,9);5H,1-4H2;3-4H,1-2H3;2H2,1H3/b;;4-3+;/t6-;;;/m0.../s1. The highest BCUT2D eigenvalue weighted by Gasteiger charge is 2.09. The van der Waals surface area contributed by atoms with Crippen molar-refractivity contribution in [2.24, 2.45) is 5.73 Å². The molecule has 0 aromatic carbocycles. The minimum atomic E-state index is 0.372. The Morgan fingerprint density at radius 2 is 1.55 bits per heavy atom. The summed E-state index contributed by atoms with van der Waals surface area (Å²) in [4.78, 5) is 9.93. The fraction of sp³-hybridized carbons (Fsp3) is 0.800. The SMILES string of the molecule is C/C=C/C.C1CCNC1.CN.O=CN[C@H]1CCCNC1. The highest BCUT2D eigenvalue weighted by molar-refractivity contribution is 5.46. The third-order valence-corrected chi connectivity index (χ3v) is 2.89. The molecule has 5 nitrogen and oxygen atoms in total. The molecule has 20 heavy (non-hydrogen) atoms. The van der Waals surface area contributed by atoms with E-state index in [1.54, 1.807) is 0 Å². The largest absolute Gasteiger partial charge is 0.355 e. The molecule has 0 aromatic heterocycles. The Balaban J connectivity index is 0. The average molecular weight is 286 g/mol. The van der Waals surface area contributed by atoms with Crippen LogP contribution in [0.1, 0.15) is 39.5 Å². The van der Waals surface area contributed by atoms with E-state index in [0.717, 1.165) is 25.9 Å². The number of hydrogen-bond donors (Lipinski definition) is 4. The van der Waals surface area contributed by atoms with Crippen LogP contribution in [0.3, 0.4) is 0 Å². The van der Waals surface area contributed by atoms with Gasteiger partial charge in [0, 0.05) is 12.6 Å². The normalized spacial score (nSPS) is 20.5. The van der Waals surface area contributed by atoms with E-state index < -0.39 is 0 Å². The van der Waals surface area contributed by atoms with Gasteiger partial charge in [-0.2, -0.15) is 0 Å². The molecular weight excluding hydrogens is 252 g/mol. The lowest BCUT2D eigenvalue weighted by atomic mass is 10.1. The predicted molar refractivity (Wildman–Crippen MR) is 87.8 cm³/mol. The molecule has 2 aliphatic rings. The number of amides is 1. The van der Waals surface area contributed by atoms with Crippen LogP contribution in [0.25, 0.3) is 0 Å². The van der Waals surface area contributed by atoms with Crippen LogP contribution in [0, 0.1) is 0 Å². The van der Waals surface area contributed by atoms with Crippen molar-refractivity contribution in [2.45, 2.75) is 45.6 Å². The zero-order valence-corrected chi connectivity index (χ0v) is 13.5. The zero-order chi connectivity index (χ0) is 15.5. The summed E-state index contributed by atoms with van der Waals surface area (Å²) < 4.78 is 0. The fourth-order valence-corrected chi connectivity index (χ4v) is 1.72. The number of rotatable bonds is 2. The van der Waals surface area contributed by atoms with Gasteiger partial charge in [-0.3, -0.25) is 4.79 Å². The summed E-state index contributed by atoms with van der Waals surface area (Å²) in [6, 6.07) is 0.372. The molecule has 0 unspecified atom stereocenters. The first kappa shape index (κ1) is 21.4. The predicted octanol–water partition coefficient (Wildman–Crippen LogP) is 1.01. The van der Waals surface area contributed by atoms with Crippen LogP contribution in [0.15, 0.2) is 12.2 Å². The number of nitrogens with two attached hydrogens (primary N) is 1. The van der Waals surface area contributed by atoms with Crippen LogP contribution in [0.5, 0.6) is 0 Å². The first-order valence-electron chi connectivity index (χ1n) is 7.61. The maximum absolute atomic E-state index is 9.93. The van der Waals surface area contributed by atoms with E-state index in [2.05, 4.69) is 21.7 Å². The summed E-state index contributed by atoms with van der Waals surface area (Å²) in [5.74, 6) is 0. The average Bonchev–Trinajstić information content (AvgIpc) is 3.11. The van der Waals surface area contributed by atoms with Crippen molar-refractivity contribution >= 4 is 6.41 Å². The number of hydrogen-bond acceptors (Lipinski definition) is 4. The van der Waals surface area contributed by atoms with E-state index in [9.17, 15) is 4.79 Å². The molecule has 2 heterocycles. The Labute approximate surface area is 124 Å². The van der Waals surface area contributed by atoms with E-state index in [4.69, 9.17) is 0 Å². The quantitative estimate of drug-likeness (QED) is 0.451. The summed E-state index contributed by atoms with van der Waals surface area (Å²) >= 11 is 0. The molecule has 0 spiro atoms. The van der Waals surface area contributed by atoms with Crippen LogP contribution in [-0.2, 0) is 4.79 Å². The van der Waals surface area contributed by atoms with Crippen molar-refractivity contribution in [2.75, 3.05) is 33.2 Å². The number of carbonyl (C=O) groups is 1. The number of piperidine rings is 1. The second-order valence-electron chi connectivity index (χ2n) is 4.45. The minimum Gasteiger partial charge on any atom is -0.355 e. The third-order valence-electron chi connectivity index (χ3n) is 2.89. The maximum Gasteiger partial charge on any atom is 0.207 e. The molecule has 5 N–H and O–H groups in total. The lowest BCUT2D eigenvalue weighted by Crippen LogP contribution is -2.42. The highest BCUT2D eigenvalue weighted by Crippen LogP contribution is 1.99.